The van der Waals surface area contributed by atoms with Crippen LogP contribution in [0.5, 0.6) is 0 Å². The maximum Gasteiger partial charge on any atom is 0.256 e. The van der Waals surface area contributed by atoms with Gasteiger partial charge in [0.25, 0.3) is 5.91 Å². The lowest BCUT2D eigenvalue weighted by Gasteiger charge is -2.28. The number of carbonyl (C=O) groups excluding carboxylic acids is 2. The average Bonchev–Trinajstić information content (AvgIpc) is 3.17. The second-order valence-corrected chi connectivity index (χ2v) is 6.96. The largest absolute Gasteiger partial charge is 0.339 e. The van der Waals surface area contributed by atoms with Crippen molar-refractivity contribution in [3.05, 3.63) is 33.8 Å². The van der Waals surface area contributed by atoms with E-state index in [1.807, 2.05) is 0 Å². The van der Waals surface area contributed by atoms with Gasteiger partial charge in [0.2, 0.25) is 5.91 Å². The molecule has 2 amide bonds. The molecule has 132 valence electrons. The van der Waals surface area contributed by atoms with E-state index in [0.717, 1.165) is 12.8 Å². The predicted molar refractivity (Wildman–Crippen MR) is 96.9 cm³/mol. The van der Waals surface area contributed by atoms with Crippen molar-refractivity contribution in [2.45, 2.75) is 31.3 Å². The highest BCUT2D eigenvalue weighted by Gasteiger charge is 2.38. The number of hydrogen-bond donors (Lipinski definition) is 1. The van der Waals surface area contributed by atoms with Gasteiger partial charge in [-0.15, -0.1) is 12.4 Å². The van der Waals surface area contributed by atoms with Crippen molar-refractivity contribution in [1.29, 1.82) is 0 Å². The Hall–Kier alpha value is -1.01. The van der Waals surface area contributed by atoms with Gasteiger partial charge in [0, 0.05) is 30.7 Å². The van der Waals surface area contributed by atoms with Gasteiger partial charge in [0.05, 0.1) is 10.6 Å². The zero-order valence-corrected chi connectivity index (χ0v) is 15.4. The van der Waals surface area contributed by atoms with Crippen LogP contribution < -0.4 is 5.73 Å². The lowest BCUT2D eigenvalue weighted by Crippen LogP contribution is -2.47. The summed E-state index contributed by atoms with van der Waals surface area (Å²) < 4.78 is 0. The molecule has 2 N–H and O–H groups in total. The van der Waals surface area contributed by atoms with E-state index in [9.17, 15) is 9.59 Å². The van der Waals surface area contributed by atoms with Gasteiger partial charge in [-0.2, -0.15) is 0 Å². The lowest BCUT2D eigenvalue weighted by atomic mass is 10.1. The van der Waals surface area contributed by atoms with E-state index < -0.39 is 6.04 Å². The molecule has 0 spiro atoms. The monoisotopic (exact) mass is 391 g/mol. The molecule has 1 unspecified atom stereocenters. The van der Waals surface area contributed by atoms with Crippen molar-refractivity contribution in [3.8, 4) is 0 Å². The maximum absolute atomic E-state index is 12.8. The van der Waals surface area contributed by atoms with Crippen LogP contribution in [0.25, 0.3) is 0 Å². The number of carbonyl (C=O) groups is 2. The first-order valence-electron chi connectivity index (χ1n) is 7.78. The van der Waals surface area contributed by atoms with Crippen LogP contribution in [0.3, 0.4) is 0 Å². The van der Waals surface area contributed by atoms with Gasteiger partial charge in [0.1, 0.15) is 6.04 Å². The van der Waals surface area contributed by atoms with Crippen molar-refractivity contribution >= 4 is 47.4 Å². The first-order chi connectivity index (χ1) is 11.0. The second kappa shape index (κ2) is 7.91. The maximum atomic E-state index is 12.8. The Morgan fingerprint density at radius 3 is 2.58 bits per heavy atom. The van der Waals surface area contributed by atoms with Crippen LogP contribution in [0.4, 0.5) is 0 Å². The number of rotatable bonds is 2. The van der Waals surface area contributed by atoms with Gasteiger partial charge < -0.3 is 15.5 Å². The number of halogens is 3. The Morgan fingerprint density at radius 1 is 1.17 bits per heavy atom. The van der Waals surface area contributed by atoms with Gasteiger partial charge in [-0.3, -0.25) is 9.59 Å². The summed E-state index contributed by atoms with van der Waals surface area (Å²) in [7, 11) is 0. The standard InChI is InChI=1S/C16H19Cl2N3O2.ClH/c17-10-3-4-13(18)12(8-10)15(22)21-6-1-2-14(21)16(23)20-7-5-11(19)9-20;/h3-4,8,11,14H,1-2,5-7,9,19H2;1H/t11-,14?;/m1./s1. The summed E-state index contributed by atoms with van der Waals surface area (Å²) in [6.07, 6.45) is 2.29. The van der Waals surface area contributed by atoms with Crippen LogP contribution in [0.2, 0.25) is 10.0 Å². The molecule has 8 heteroatoms. The number of amides is 2. The highest BCUT2D eigenvalue weighted by Crippen LogP contribution is 2.27. The highest BCUT2D eigenvalue weighted by molar-refractivity contribution is 6.35. The zero-order valence-electron chi connectivity index (χ0n) is 13.1. The molecule has 2 fully saturated rings. The fourth-order valence-electron chi connectivity index (χ4n) is 3.28. The van der Waals surface area contributed by atoms with Crippen molar-refractivity contribution in [3.63, 3.8) is 0 Å². The Bertz CT molecular complexity index is 641. The third-order valence-corrected chi connectivity index (χ3v) is 5.06. The van der Waals surface area contributed by atoms with Gasteiger partial charge >= 0.3 is 0 Å². The molecule has 0 aromatic heterocycles. The van der Waals surface area contributed by atoms with E-state index in [1.54, 1.807) is 28.0 Å². The second-order valence-electron chi connectivity index (χ2n) is 6.11. The first kappa shape index (κ1) is 19.3. The third-order valence-electron chi connectivity index (χ3n) is 4.49. The predicted octanol–water partition coefficient (Wildman–Crippen LogP) is 2.58. The van der Waals surface area contributed by atoms with E-state index in [1.165, 1.54) is 0 Å². The molecule has 0 saturated carbocycles. The Balaban J connectivity index is 0.00000208. The van der Waals surface area contributed by atoms with E-state index in [2.05, 4.69) is 0 Å². The highest BCUT2D eigenvalue weighted by atomic mass is 35.5. The number of likely N-dealkylation sites (tertiary alicyclic amines) is 2. The molecule has 0 radical (unpaired) electrons. The molecule has 2 aliphatic rings. The van der Waals surface area contributed by atoms with Gasteiger partial charge in [0.15, 0.2) is 0 Å². The van der Waals surface area contributed by atoms with E-state index >= 15 is 0 Å². The summed E-state index contributed by atoms with van der Waals surface area (Å²) in [5, 5.41) is 0.797. The zero-order chi connectivity index (χ0) is 16.6. The van der Waals surface area contributed by atoms with Gasteiger partial charge in [-0.25, -0.2) is 0 Å². The molecule has 2 saturated heterocycles. The first-order valence-corrected chi connectivity index (χ1v) is 8.53. The number of nitrogens with zero attached hydrogens (tertiary/aromatic N) is 2. The smallest absolute Gasteiger partial charge is 0.256 e. The van der Waals surface area contributed by atoms with Crippen LogP contribution in [0.15, 0.2) is 18.2 Å². The van der Waals surface area contributed by atoms with Gasteiger partial charge in [-0.05, 0) is 37.5 Å². The minimum atomic E-state index is -0.428. The van der Waals surface area contributed by atoms with Crippen molar-refractivity contribution in [2.75, 3.05) is 19.6 Å². The van der Waals surface area contributed by atoms with Gasteiger partial charge in [-0.1, -0.05) is 23.2 Å². The number of hydrogen-bond acceptors (Lipinski definition) is 3. The summed E-state index contributed by atoms with van der Waals surface area (Å²) >= 11 is 12.1. The number of nitrogens with two attached hydrogens (primary N) is 1. The van der Waals surface area contributed by atoms with Crippen molar-refractivity contribution in [1.82, 2.24) is 9.80 Å². The SMILES string of the molecule is Cl.N[C@@H]1CCN(C(=O)C2CCCN2C(=O)c2cc(Cl)ccc2Cl)C1. The van der Waals surface area contributed by atoms with E-state index in [0.29, 0.717) is 41.7 Å². The lowest BCUT2D eigenvalue weighted by molar-refractivity contribution is -0.134. The average molecular weight is 393 g/mol. The summed E-state index contributed by atoms with van der Waals surface area (Å²) in [5.74, 6) is -0.251. The third kappa shape index (κ3) is 3.80. The van der Waals surface area contributed by atoms with E-state index in [-0.39, 0.29) is 30.3 Å². The normalized spacial score (nSPS) is 23.3. The quantitative estimate of drug-likeness (QED) is 0.841. The molecule has 1 aromatic carbocycles. The van der Waals surface area contributed by atoms with Crippen LogP contribution >= 0.6 is 35.6 Å². The van der Waals surface area contributed by atoms with Crippen LogP contribution in [0.1, 0.15) is 29.6 Å². The molecular formula is C16H20Cl3N3O2. The fraction of sp³-hybridized carbons (Fsp3) is 0.500. The Morgan fingerprint density at radius 2 is 1.92 bits per heavy atom. The Kier molecular flexibility index (Phi) is 6.37. The summed E-state index contributed by atoms with van der Waals surface area (Å²) in [5.41, 5.74) is 6.22. The van der Waals surface area contributed by atoms with Crippen LogP contribution in [-0.2, 0) is 4.79 Å². The van der Waals surface area contributed by atoms with Crippen molar-refractivity contribution < 1.29 is 9.59 Å². The molecule has 5 nitrogen and oxygen atoms in total. The molecule has 3 rings (SSSR count). The number of benzene rings is 1. The molecule has 0 bridgehead atoms. The van der Waals surface area contributed by atoms with Crippen molar-refractivity contribution in [2.24, 2.45) is 5.73 Å². The summed E-state index contributed by atoms with van der Waals surface area (Å²) in [4.78, 5) is 28.9. The Labute approximate surface area is 157 Å². The molecule has 2 aliphatic heterocycles. The minimum Gasteiger partial charge on any atom is -0.339 e. The summed E-state index contributed by atoms with van der Waals surface area (Å²) in [6.45, 7) is 1.78. The van der Waals surface area contributed by atoms with Crippen LogP contribution in [0, 0.1) is 0 Å². The summed E-state index contributed by atoms with van der Waals surface area (Å²) in [6, 6.07) is 4.40. The minimum absolute atomic E-state index is 0. The molecule has 2 atom stereocenters. The topological polar surface area (TPSA) is 66.6 Å². The van der Waals surface area contributed by atoms with E-state index in [4.69, 9.17) is 28.9 Å². The molecule has 0 aliphatic carbocycles. The molecular weight excluding hydrogens is 373 g/mol. The molecule has 1 aromatic rings. The molecule has 24 heavy (non-hydrogen) atoms. The van der Waals surface area contributed by atoms with Crippen LogP contribution in [-0.4, -0.2) is 53.3 Å². The fourth-order valence-corrected chi connectivity index (χ4v) is 3.65. The molecule has 2 heterocycles.